The molecule has 1 atom stereocenters. The van der Waals surface area contributed by atoms with Crippen LogP contribution in [0, 0.1) is 12.7 Å². The molecule has 27 heavy (non-hydrogen) atoms. The van der Waals surface area contributed by atoms with Crippen LogP contribution in [0.15, 0.2) is 48.5 Å². The number of amides is 1. The Hall–Kier alpha value is -2.24. The van der Waals surface area contributed by atoms with Crippen molar-refractivity contribution in [3.8, 4) is 0 Å². The lowest BCUT2D eigenvalue weighted by molar-refractivity contribution is -0.0950. The van der Waals surface area contributed by atoms with Crippen LogP contribution < -0.4 is 0 Å². The number of ether oxygens (including phenoxy) is 1. The number of halogens is 1. The highest BCUT2D eigenvalue weighted by molar-refractivity contribution is 5.95. The summed E-state index contributed by atoms with van der Waals surface area (Å²) in [5, 5.41) is 0. The van der Waals surface area contributed by atoms with Gasteiger partial charge in [-0.25, -0.2) is 4.39 Å². The minimum Gasteiger partial charge on any atom is -0.370 e. The maximum Gasteiger partial charge on any atom is 0.254 e. The van der Waals surface area contributed by atoms with E-state index in [0.29, 0.717) is 36.9 Å². The topological polar surface area (TPSA) is 32.8 Å². The average Bonchev–Trinajstić information content (AvgIpc) is 3.09. The van der Waals surface area contributed by atoms with E-state index >= 15 is 0 Å². The average molecular weight is 368 g/mol. The Labute approximate surface area is 159 Å². The van der Waals surface area contributed by atoms with E-state index in [1.807, 2.05) is 6.07 Å². The standard InChI is InChI=1S/C22H25FN2O2/c1-16-8-9-18(10-20(16)23)21(26)25-14-22(15-25)11-19(13-27-22)24(2)12-17-6-4-3-5-7-17/h3-10,19H,11-15H2,1-2H3. The van der Waals surface area contributed by atoms with Gasteiger partial charge in [-0.2, -0.15) is 0 Å². The van der Waals surface area contributed by atoms with Gasteiger partial charge in [-0.15, -0.1) is 0 Å². The van der Waals surface area contributed by atoms with Crippen LogP contribution in [0.25, 0.3) is 0 Å². The third-order valence-electron chi connectivity index (χ3n) is 5.75. The summed E-state index contributed by atoms with van der Waals surface area (Å²) in [6.45, 7) is 4.43. The summed E-state index contributed by atoms with van der Waals surface area (Å²) in [4.78, 5) is 16.7. The molecule has 0 saturated carbocycles. The van der Waals surface area contributed by atoms with Gasteiger partial charge in [0.05, 0.1) is 19.7 Å². The summed E-state index contributed by atoms with van der Waals surface area (Å²) < 4.78 is 19.8. The van der Waals surface area contributed by atoms with Crippen molar-refractivity contribution in [3.63, 3.8) is 0 Å². The molecule has 142 valence electrons. The largest absolute Gasteiger partial charge is 0.370 e. The predicted molar refractivity (Wildman–Crippen MR) is 102 cm³/mol. The number of aryl methyl sites for hydroxylation is 1. The maximum absolute atomic E-state index is 13.7. The summed E-state index contributed by atoms with van der Waals surface area (Å²) in [5.41, 5.74) is 2.00. The van der Waals surface area contributed by atoms with Crippen LogP contribution >= 0.6 is 0 Å². The maximum atomic E-state index is 13.7. The van der Waals surface area contributed by atoms with Gasteiger partial charge in [-0.05, 0) is 43.7 Å². The summed E-state index contributed by atoms with van der Waals surface area (Å²) in [6, 6.07) is 15.4. The monoisotopic (exact) mass is 368 g/mol. The lowest BCUT2D eigenvalue weighted by atomic mass is 9.88. The highest BCUT2D eigenvalue weighted by atomic mass is 19.1. The molecule has 5 heteroatoms. The van der Waals surface area contributed by atoms with Gasteiger partial charge < -0.3 is 9.64 Å². The van der Waals surface area contributed by atoms with Crippen LogP contribution in [-0.2, 0) is 11.3 Å². The first kappa shape index (κ1) is 18.1. The lowest BCUT2D eigenvalue weighted by Gasteiger charge is -2.47. The van der Waals surface area contributed by atoms with Crippen LogP contribution in [0.2, 0.25) is 0 Å². The van der Waals surface area contributed by atoms with Crippen molar-refractivity contribution in [2.75, 3.05) is 26.7 Å². The molecule has 1 spiro atoms. The first-order valence-electron chi connectivity index (χ1n) is 9.39. The van der Waals surface area contributed by atoms with Crippen molar-refractivity contribution in [2.45, 2.75) is 31.5 Å². The molecule has 4 nitrogen and oxygen atoms in total. The SMILES string of the molecule is Cc1ccc(C(=O)N2CC3(CC(N(C)Cc4ccccc4)CO3)C2)cc1F. The van der Waals surface area contributed by atoms with E-state index in [9.17, 15) is 9.18 Å². The highest BCUT2D eigenvalue weighted by Crippen LogP contribution is 2.37. The van der Waals surface area contributed by atoms with Gasteiger partial charge in [0.25, 0.3) is 5.91 Å². The third-order valence-corrected chi connectivity index (χ3v) is 5.75. The van der Waals surface area contributed by atoms with Crippen molar-refractivity contribution in [2.24, 2.45) is 0 Å². The number of carbonyl (C=O) groups is 1. The Bertz CT molecular complexity index is 833. The Balaban J connectivity index is 1.33. The van der Waals surface area contributed by atoms with E-state index in [-0.39, 0.29) is 17.3 Å². The minimum atomic E-state index is -0.337. The number of likely N-dealkylation sites (tertiary alicyclic amines) is 1. The van der Waals surface area contributed by atoms with Gasteiger partial charge in [-0.1, -0.05) is 36.4 Å². The number of benzene rings is 2. The summed E-state index contributed by atoms with van der Waals surface area (Å²) in [6.07, 6.45) is 0.919. The molecule has 0 aliphatic carbocycles. The second-order valence-electron chi connectivity index (χ2n) is 7.88. The molecule has 2 aromatic rings. The van der Waals surface area contributed by atoms with Crippen LogP contribution in [0.3, 0.4) is 0 Å². The van der Waals surface area contributed by atoms with E-state index in [2.05, 4.69) is 36.2 Å². The predicted octanol–water partition coefficient (Wildman–Crippen LogP) is 3.25. The Morgan fingerprint density at radius 3 is 2.70 bits per heavy atom. The molecule has 4 rings (SSSR count). The van der Waals surface area contributed by atoms with E-state index in [1.165, 1.54) is 11.6 Å². The van der Waals surface area contributed by atoms with E-state index in [4.69, 9.17) is 4.74 Å². The summed E-state index contributed by atoms with van der Waals surface area (Å²) >= 11 is 0. The third kappa shape index (κ3) is 3.62. The van der Waals surface area contributed by atoms with E-state index < -0.39 is 0 Å². The molecule has 1 amide bonds. The number of hydrogen-bond acceptors (Lipinski definition) is 3. The Morgan fingerprint density at radius 2 is 2.00 bits per heavy atom. The van der Waals surface area contributed by atoms with Crippen molar-refractivity contribution in [1.82, 2.24) is 9.80 Å². The number of likely N-dealkylation sites (N-methyl/N-ethyl adjacent to an activating group) is 1. The molecule has 0 radical (unpaired) electrons. The smallest absolute Gasteiger partial charge is 0.254 e. The van der Waals surface area contributed by atoms with Gasteiger partial charge in [0.2, 0.25) is 0 Å². The molecule has 1 unspecified atom stereocenters. The quantitative estimate of drug-likeness (QED) is 0.831. The molecule has 2 aliphatic rings. The number of rotatable bonds is 4. The van der Waals surface area contributed by atoms with Gasteiger partial charge in [-0.3, -0.25) is 9.69 Å². The molecule has 2 heterocycles. The zero-order valence-corrected chi connectivity index (χ0v) is 15.8. The number of carbonyl (C=O) groups excluding carboxylic acids is 1. The van der Waals surface area contributed by atoms with E-state index in [0.717, 1.165) is 13.0 Å². The number of nitrogens with zero attached hydrogens (tertiary/aromatic N) is 2. The summed E-state index contributed by atoms with van der Waals surface area (Å²) in [7, 11) is 2.12. The van der Waals surface area contributed by atoms with Crippen LogP contribution in [0.5, 0.6) is 0 Å². The van der Waals surface area contributed by atoms with Gasteiger partial charge in [0.15, 0.2) is 0 Å². The van der Waals surface area contributed by atoms with Gasteiger partial charge >= 0.3 is 0 Å². The summed E-state index contributed by atoms with van der Waals surface area (Å²) in [5.74, 6) is -0.458. The van der Waals surface area contributed by atoms with Crippen molar-refractivity contribution < 1.29 is 13.9 Å². The second kappa shape index (κ2) is 7.06. The molecular weight excluding hydrogens is 343 g/mol. The first-order valence-corrected chi connectivity index (χ1v) is 9.39. The number of hydrogen-bond donors (Lipinski definition) is 0. The fraction of sp³-hybridized carbons (Fsp3) is 0.409. The highest BCUT2D eigenvalue weighted by Gasteiger charge is 2.52. The van der Waals surface area contributed by atoms with Crippen LogP contribution in [0.4, 0.5) is 4.39 Å². The zero-order valence-electron chi connectivity index (χ0n) is 15.8. The molecule has 2 fully saturated rings. The molecular formula is C22H25FN2O2. The van der Waals surface area contributed by atoms with E-state index in [1.54, 1.807) is 24.0 Å². The zero-order chi connectivity index (χ0) is 19.0. The second-order valence-corrected chi connectivity index (χ2v) is 7.88. The molecule has 0 N–H and O–H groups in total. The van der Waals surface area contributed by atoms with Crippen molar-refractivity contribution >= 4 is 5.91 Å². The fourth-order valence-electron chi connectivity index (χ4n) is 4.03. The molecule has 0 aromatic heterocycles. The fourth-order valence-corrected chi connectivity index (χ4v) is 4.03. The normalized spacial score (nSPS) is 20.9. The molecule has 2 aliphatic heterocycles. The molecule has 0 bridgehead atoms. The van der Waals surface area contributed by atoms with Crippen LogP contribution in [-0.4, -0.2) is 54.1 Å². The minimum absolute atomic E-state index is 0.121. The van der Waals surface area contributed by atoms with Crippen LogP contribution in [0.1, 0.15) is 27.9 Å². The lowest BCUT2D eigenvalue weighted by Crippen LogP contribution is -2.63. The Morgan fingerprint density at radius 1 is 1.26 bits per heavy atom. The first-order chi connectivity index (χ1) is 13.0. The Kier molecular flexibility index (Phi) is 4.74. The van der Waals surface area contributed by atoms with Gasteiger partial charge in [0.1, 0.15) is 11.4 Å². The molecule has 2 saturated heterocycles. The van der Waals surface area contributed by atoms with Crippen molar-refractivity contribution in [3.05, 3.63) is 71.0 Å². The van der Waals surface area contributed by atoms with Gasteiger partial charge in [0, 0.05) is 18.2 Å². The van der Waals surface area contributed by atoms with Crippen molar-refractivity contribution in [1.29, 1.82) is 0 Å². The molecule has 2 aromatic carbocycles.